The van der Waals surface area contributed by atoms with Gasteiger partial charge in [-0.05, 0) is 48.1 Å². The molecule has 0 aliphatic carbocycles. The summed E-state index contributed by atoms with van der Waals surface area (Å²) in [4.78, 5) is 6.21. The van der Waals surface area contributed by atoms with Crippen molar-refractivity contribution < 1.29 is 4.42 Å². The molecule has 5 heteroatoms. The van der Waals surface area contributed by atoms with Crippen molar-refractivity contribution in [2.45, 2.75) is 37.9 Å². The number of nitrogens with zero attached hydrogens (tertiary/aromatic N) is 2. The van der Waals surface area contributed by atoms with Gasteiger partial charge in [0.05, 0.1) is 30.4 Å². The molecule has 0 spiro atoms. The maximum absolute atomic E-state index is 5.42. The number of benzene rings is 2. The first-order valence-corrected chi connectivity index (χ1v) is 10.7. The summed E-state index contributed by atoms with van der Waals surface area (Å²) in [6, 6.07) is 21.1. The van der Waals surface area contributed by atoms with Gasteiger partial charge in [0.1, 0.15) is 11.6 Å². The van der Waals surface area contributed by atoms with E-state index in [1.54, 1.807) is 6.26 Å². The molecule has 0 aliphatic rings. The van der Waals surface area contributed by atoms with Crippen LogP contribution in [0, 0.1) is 0 Å². The molecule has 2 aromatic heterocycles. The number of imidazole rings is 1. The number of thioether (sulfide) groups is 1. The van der Waals surface area contributed by atoms with Crippen LogP contribution in [0.25, 0.3) is 11.0 Å². The first-order chi connectivity index (χ1) is 13.8. The molecule has 4 nitrogen and oxygen atoms in total. The summed E-state index contributed by atoms with van der Waals surface area (Å²) in [6.07, 6.45) is 2.88. The van der Waals surface area contributed by atoms with Crippen LogP contribution in [-0.2, 0) is 19.6 Å². The molecule has 0 atom stereocenters. The van der Waals surface area contributed by atoms with Gasteiger partial charge in [-0.1, -0.05) is 37.3 Å². The van der Waals surface area contributed by atoms with E-state index in [1.807, 2.05) is 23.9 Å². The van der Waals surface area contributed by atoms with Crippen molar-refractivity contribution in [3.63, 3.8) is 0 Å². The molecule has 144 valence electrons. The van der Waals surface area contributed by atoms with Gasteiger partial charge in [0.2, 0.25) is 0 Å². The van der Waals surface area contributed by atoms with Gasteiger partial charge < -0.3 is 14.3 Å². The summed E-state index contributed by atoms with van der Waals surface area (Å²) >= 11 is 1.91. The van der Waals surface area contributed by atoms with Gasteiger partial charge in [-0.2, -0.15) is 0 Å². The van der Waals surface area contributed by atoms with E-state index < -0.39 is 0 Å². The lowest BCUT2D eigenvalue weighted by atomic mass is 10.2. The normalized spacial score (nSPS) is 11.3. The highest BCUT2D eigenvalue weighted by atomic mass is 32.2. The van der Waals surface area contributed by atoms with Crippen LogP contribution in [0.3, 0.4) is 0 Å². The van der Waals surface area contributed by atoms with Crippen molar-refractivity contribution >= 4 is 22.8 Å². The SMILES string of the molecule is CCCSc1ccc2nc(CNCc3ccco3)n(Cc3ccccc3)c2c1. The second-order valence-corrected chi connectivity index (χ2v) is 7.95. The third kappa shape index (κ3) is 4.49. The summed E-state index contributed by atoms with van der Waals surface area (Å²) in [5.74, 6) is 3.11. The molecule has 0 amide bonds. The molecule has 4 rings (SSSR count). The standard InChI is InChI=1S/C23H25N3OS/c1-2-13-28-20-10-11-21-22(14-20)26(17-18-7-4-3-5-8-18)23(25-21)16-24-15-19-9-6-12-27-19/h3-12,14,24H,2,13,15-17H2,1H3. The topological polar surface area (TPSA) is 43.0 Å². The van der Waals surface area contributed by atoms with E-state index in [9.17, 15) is 0 Å². The van der Waals surface area contributed by atoms with Gasteiger partial charge in [0.25, 0.3) is 0 Å². The van der Waals surface area contributed by atoms with Crippen LogP contribution in [0.15, 0.2) is 76.2 Å². The van der Waals surface area contributed by atoms with E-state index in [-0.39, 0.29) is 0 Å². The highest BCUT2D eigenvalue weighted by molar-refractivity contribution is 7.99. The molecule has 0 radical (unpaired) electrons. The lowest BCUT2D eigenvalue weighted by Gasteiger charge is -2.11. The molecular weight excluding hydrogens is 366 g/mol. The predicted molar refractivity (Wildman–Crippen MR) is 116 cm³/mol. The Morgan fingerprint density at radius 1 is 1.04 bits per heavy atom. The first-order valence-electron chi connectivity index (χ1n) is 9.72. The van der Waals surface area contributed by atoms with Crippen molar-refractivity contribution in [2.75, 3.05) is 5.75 Å². The third-order valence-electron chi connectivity index (χ3n) is 4.62. The fourth-order valence-electron chi connectivity index (χ4n) is 3.25. The third-order valence-corrected chi connectivity index (χ3v) is 5.82. The molecule has 2 heterocycles. The van der Waals surface area contributed by atoms with Crippen LogP contribution in [0.5, 0.6) is 0 Å². The predicted octanol–water partition coefficient (Wildman–Crippen LogP) is 5.47. The molecule has 0 saturated heterocycles. The average Bonchev–Trinajstić information content (AvgIpc) is 3.36. The largest absolute Gasteiger partial charge is 0.468 e. The highest BCUT2D eigenvalue weighted by Crippen LogP contribution is 2.26. The quantitative estimate of drug-likeness (QED) is 0.384. The van der Waals surface area contributed by atoms with Crippen LogP contribution in [0.1, 0.15) is 30.5 Å². The minimum Gasteiger partial charge on any atom is -0.468 e. The van der Waals surface area contributed by atoms with E-state index in [4.69, 9.17) is 9.40 Å². The van der Waals surface area contributed by atoms with Gasteiger partial charge in [0, 0.05) is 11.4 Å². The molecule has 0 aliphatic heterocycles. The van der Waals surface area contributed by atoms with Gasteiger partial charge in [-0.25, -0.2) is 4.98 Å². The van der Waals surface area contributed by atoms with Crippen molar-refractivity contribution in [1.29, 1.82) is 0 Å². The Balaban J connectivity index is 1.62. The maximum Gasteiger partial charge on any atom is 0.124 e. The van der Waals surface area contributed by atoms with Crippen LogP contribution in [0.4, 0.5) is 0 Å². The zero-order valence-corrected chi connectivity index (χ0v) is 16.9. The van der Waals surface area contributed by atoms with Crippen molar-refractivity contribution in [2.24, 2.45) is 0 Å². The fraction of sp³-hybridized carbons (Fsp3) is 0.261. The molecular formula is C23H25N3OS. The number of nitrogens with one attached hydrogen (secondary N) is 1. The van der Waals surface area contributed by atoms with Crippen molar-refractivity contribution in [1.82, 2.24) is 14.9 Å². The molecule has 0 bridgehead atoms. The summed E-state index contributed by atoms with van der Waals surface area (Å²) in [5, 5.41) is 3.46. The summed E-state index contributed by atoms with van der Waals surface area (Å²) in [5.41, 5.74) is 3.52. The summed E-state index contributed by atoms with van der Waals surface area (Å²) in [7, 11) is 0. The minimum absolute atomic E-state index is 0.694. The summed E-state index contributed by atoms with van der Waals surface area (Å²) in [6.45, 7) is 4.42. The molecule has 4 aromatic rings. The first kappa shape index (κ1) is 18.8. The number of aromatic nitrogens is 2. The molecule has 0 saturated carbocycles. The lowest BCUT2D eigenvalue weighted by molar-refractivity contribution is 0.478. The van der Waals surface area contributed by atoms with Crippen molar-refractivity contribution in [3.8, 4) is 0 Å². The monoisotopic (exact) mass is 391 g/mol. The Hall–Kier alpha value is -2.50. The average molecular weight is 392 g/mol. The smallest absolute Gasteiger partial charge is 0.124 e. The van der Waals surface area contributed by atoms with Crippen LogP contribution in [-0.4, -0.2) is 15.3 Å². The molecule has 2 aromatic carbocycles. The maximum atomic E-state index is 5.42. The Labute approximate surface area is 170 Å². The van der Waals surface area contributed by atoms with E-state index in [2.05, 4.69) is 65.3 Å². The van der Waals surface area contributed by atoms with Gasteiger partial charge in [0.15, 0.2) is 0 Å². The second-order valence-electron chi connectivity index (χ2n) is 6.78. The van der Waals surface area contributed by atoms with Crippen LogP contribution < -0.4 is 5.32 Å². The second kappa shape index (κ2) is 9.13. The van der Waals surface area contributed by atoms with Gasteiger partial charge in [-0.3, -0.25) is 0 Å². The number of hydrogen-bond donors (Lipinski definition) is 1. The van der Waals surface area contributed by atoms with E-state index in [0.717, 1.165) is 29.4 Å². The van der Waals surface area contributed by atoms with E-state index >= 15 is 0 Å². The molecule has 0 fully saturated rings. The lowest BCUT2D eigenvalue weighted by Crippen LogP contribution is -2.17. The molecule has 28 heavy (non-hydrogen) atoms. The van der Waals surface area contributed by atoms with E-state index in [0.29, 0.717) is 13.1 Å². The Bertz CT molecular complexity index is 1010. The van der Waals surface area contributed by atoms with Crippen LogP contribution in [0.2, 0.25) is 0 Å². The van der Waals surface area contributed by atoms with E-state index in [1.165, 1.54) is 22.4 Å². The Morgan fingerprint density at radius 3 is 2.71 bits per heavy atom. The molecule has 1 N–H and O–H groups in total. The molecule has 0 unspecified atom stereocenters. The van der Waals surface area contributed by atoms with Gasteiger partial charge in [-0.15, -0.1) is 11.8 Å². The number of rotatable bonds is 9. The van der Waals surface area contributed by atoms with Crippen LogP contribution >= 0.6 is 11.8 Å². The fourth-order valence-corrected chi connectivity index (χ4v) is 4.05. The Morgan fingerprint density at radius 2 is 1.93 bits per heavy atom. The Kier molecular flexibility index (Phi) is 6.14. The number of furan rings is 1. The number of fused-ring (bicyclic) bond motifs is 1. The highest BCUT2D eigenvalue weighted by Gasteiger charge is 2.12. The van der Waals surface area contributed by atoms with Crippen molar-refractivity contribution in [3.05, 3.63) is 84.1 Å². The number of hydrogen-bond acceptors (Lipinski definition) is 4. The zero-order valence-electron chi connectivity index (χ0n) is 16.1. The zero-order chi connectivity index (χ0) is 19.2. The van der Waals surface area contributed by atoms with Gasteiger partial charge >= 0.3 is 0 Å². The summed E-state index contributed by atoms with van der Waals surface area (Å²) < 4.78 is 7.75. The minimum atomic E-state index is 0.694.